The summed E-state index contributed by atoms with van der Waals surface area (Å²) >= 11 is 0. The van der Waals surface area contributed by atoms with Crippen LogP contribution in [0.1, 0.15) is 25.1 Å². The first-order valence-corrected chi connectivity index (χ1v) is 6.60. The lowest BCUT2D eigenvalue weighted by molar-refractivity contribution is -0.137. The lowest BCUT2D eigenvalue weighted by Crippen LogP contribution is -2.22. The quantitative estimate of drug-likeness (QED) is 0.829. The second-order valence-corrected chi connectivity index (χ2v) is 4.68. The van der Waals surface area contributed by atoms with Crippen LogP contribution in [0.25, 0.3) is 10.9 Å². The molecule has 5 heteroatoms. The van der Waals surface area contributed by atoms with Crippen LogP contribution >= 0.6 is 0 Å². The van der Waals surface area contributed by atoms with E-state index in [1.54, 1.807) is 6.92 Å². The van der Waals surface area contributed by atoms with Crippen LogP contribution in [0.2, 0.25) is 0 Å². The summed E-state index contributed by atoms with van der Waals surface area (Å²) in [5, 5.41) is 0.757. The Hall–Kier alpha value is -1.78. The molecule has 0 bridgehead atoms. The maximum absolute atomic E-state index is 12.8. The van der Waals surface area contributed by atoms with Crippen molar-refractivity contribution in [3.05, 3.63) is 35.5 Å². The molecule has 0 spiro atoms. The van der Waals surface area contributed by atoms with Crippen molar-refractivity contribution in [3.8, 4) is 0 Å². The highest BCUT2D eigenvalue weighted by Crippen LogP contribution is 2.34. The van der Waals surface area contributed by atoms with Crippen molar-refractivity contribution >= 4 is 16.6 Å². The summed E-state index contributed by atoms with van der Waals surface area (Å²) in [6, 6.07) is 5.67. The number of hydrogen-bond donors (Lipinski definition) is 0. The highest BCUT2D eigenvalue weighted by Gasteiger charge is 2.30. The molecule has 2 rings (SSSR count). The molecule has 1 aromatic heterocycles. The number of alkyl halides is 3. The summed E-state index contributed by atoms with van der Waals surface area (Å²) in [5.74, 6) is 0. The molecule has 0 saturated carbocycles. The van der Waals surface area contributed by atoms with Gasteiger partial charge in [0.15, 0.2) is 0 Å². The number of pyridine rings is 1. The third-order valence-electron chi connectivity index (χ3n) is 3.35. The number of benzene rings is 1. The molecule has 0 amide bonds. The van der Waals surface area contributed by atoms with Crippen LogP contribution in [0.4, 0.5) is 18.9 Å². The van der Waals surface area contributed by atoms with E-state index in [0.717, 1.165) is 42.0 Å². The molecule has 108 valence electrons. The van der Waals surface area contributed by atoms with Gasteiger partial charge in [0.25, 0.3) is 0 Å². The van der Waals surface area contributed by atoms with E-state index in [0.29, 0.717) is 5.52 Å². The lowest BCUT2D eigenvalue weighted by Gasteiger charge is -2.23. The summed E-state index contributed by atoms with van der Waals surface area (Å²) in [4.78, 5) is 6.35. The number of hydrogen-bond acceptors (Lipinski definition) is 2. The Balaban J connectivity index is 2.67. The monoisotopic (exact) mass is 282 g/mol. The minimum atomic E-state index is -4.34. The zero-order chi connectivity index (χ0) is 14.9. The number of rotatable bonds is 3. The van der Waals surface area contributed by atoms with Gasteiger partial charge in [0, 0.05) is 29.9 Å². The maximum atomic E-state index is 12.8. The first kappa shape index (κ1) is 14.6. The minimum Gasteiger partial charge on any atom is -0.371 e. The zero-order valence-corrected chi connectivity index (χ0v) is 11.8. The van der Waals surface area contributed by atoms with Gasteiger partial charge in [-0.2, -0.15) is 13.2 Å². The van der Waals surface area contributed by atoms with Crippen molar-refractivity contribution in [2.45, 2.75) is 26.9 Å². The van der Waals surface area contributed by atoms with E-state index in [9.17, 15) is 13.2 Å². The van der Waals surface area contributed by atoms with Gasteiger partial charge in [-0.05, 0) is 39.0 Å². The second kappa shape index (κ2) is 5.31. The van der Waals surface area contributed by atoms with E-state index < -0.39 is 11.7 Å². The van der Waals surface area contributed by atoms with Gasteiger partial charge in [0.1, 0.15) is 0 Å². The smallest absolute Gasteiger partial charge is 0.371 e. The highest BCUT2D eigenvalue weighted by atomic mass is 19.4. The predicted molar refractivity (Wildman–Crippen MR) is 75.0 cm³/mol. The Morgan fingerprint density at radius 3 is 2.30 bits per heavy atom. The van der Waals surface area contributed by atoms with Crippen molar-refractivity contribution < 1.29 is 13.2 Å². The molecule has 2 nitrogen and oxygen atoms in total. The van der Waals surface area contributed by atoms with Gasteiger partial charge >= 0.3 is 6.18 Å². The zero-order valence-electron chi connectivity index (χ0n) is 11.8. The summed E-state index contributed by atoms with van der Waals surface area (Å²) in [5.41, 5.74) is 1.39. The largest absolute Gasteiger partial charge is 0.416 e. The van der Waals surface area contributed by atoms with Gasteiger partial charge in [-0.15, -0.1) is 0 Å². The van der Waals surface area contributed by atoms with Gasteiger partial charge < -0.3 is 4.90 Å². The molecule has 0 unspecified atom stereocenters. The Labute approximate surface area is 116 Å². The van der Waals surface area contributed by atoms with Crippen molar-refractivity contribution in [1.82, 2.24) is 4.98 Å². The fourth-order valence-corrected chi connectivity index (χ4v) is 2.34. The summed E-state index contributed by atoms with van der Waals surface area (Å²) < 4.78 is 38.3. The minimum absolute atomic E-state index is 0.390. The van der Waals surface area contributed by atoms with Crippen LogP contribution in [-0.4, -0.2) is 18.1 Å². The molecule has 0 fully saturated rings. The average molecular weight is 282 g/mol. The lowest BCUT2D eigenvalue weighted by atomic mass is 10.1. The van der Waals surface area contributed by atoms with E-state index >= 15 is 0 Å². The molecule has 0 aliphatic heterocycles. The van der Waals surface area contributed by atoms with Crippen LogP contribution in [0.3, 0.4) is 0 Å². The number of nitrogens with zero attached hydrogens (tertiary/aromatic N) is 2. The van der Waals surface area contributed by atoms with Crippen molar-refractivity contribution in [1.29, 1.82) is 0 Å². The topological polar surface area (TPSA) is 16.1 Å². The number of fused-ring (bicyclic) bond motifs is 1. The van der Waals surface area contributed by atoms with Crippen LogP contribution in [0.5, 0.6) is 0 Å². The molecular formula is C15H17F3N2. The summed E-state index contributed by atoms with van der Waals surface area (Å²) in [6.45, 7) is 7.45. The number of anilines is 1. The third-order valence-corrected chi connectivity index (χ3v) is 3.35. The molecule has 2 aromatic rings. The Morgan fingerprint density at radius 1 is 1.10 bits per heavy atom. The van der Waals surface area contributed by atoms with Crippen molar-refractivity contribution in [2.75, 3.05) is 18.0 Å². The molecule has 0 radical (unpaired) electrons. The molecule has 0 atom stereocenters. The van der Waals surface area contributed by atoms with Crippen molar-refractivity contribution in [2.24, 2.45) is 0 Å². The Kier molecular flexibility index (Phi) is 3.88. The summed E-state index contributed by atoms with van der Waals surface area (Å²) in [7, 11) is 0. The SMILES string of the molecule is CCN(CC)c1cc(C)nc2cc(C(F)(F)F)ccc12. The van der Waals surface area contributed by atoms with Crippen LogP contribution in [0, 0.1) is 6.92 Å². The second-order valence-electron chi connectivity index (χ2n) is 4.68. The fourth-order valence-electron chi connectivity index (χ4n) is 2.34. The van der Waals surface area contributed by atoms with E-state index in [-0.39, 0.29) is 0 Å². The number of aryl methyl sites for hydroxylation is 1. The molecule has 0 N–H and O–H groups in total. The maximum Gasteiger partial charge on any atom is 0.416 e. The third kappa shape index (κ3) is 2.71. The number of halogens is 3. The van der Waals surface area contributed by atoms with Gasteiger partial charge in [0.05, 0.1) is 11.1 Å². The fraction of sp³-hybridized carbons (Fsp3) is 0.400. The van der Waals surface area contributed by atoms with Crippen LogP contribution in [0.15, 0.2) is 24.3 Å². The molecule has 1 aromatic carbocycles. The molecule has 0 aliphatic carbocycles. The van der Waals surface area contributed by atoms with Crippen LogP contribution < -0.4 is 4.90 Å². The van der Waals surface area contributed by atoms with Gasteiger partial charge in [-0.25, -0.2) is 0 Å². The van der Waals surface area contributed by atoms with Gasteiger partial charge in [-0.3, -0.25) is 4.98 Å². The molecule has 1 heterocycles. The van der Waals surface area contributed by atoms with Crippen molar-refractivity contribution in [3.63, 3.8) is 0 Å². The molecule has 0 aliphatic rings. The van der Waals surface area contributed by atoms with E-state index in [1.165, 1.54) is 6.07 Å². The van der Waals surface area contributed by atoms with Gasteiger partial charge in [0.2, 0.25) is 0 Å². The Bertz CT molecular complexity index is 616. The van der Waals surface area contributed by atoms with Crippen LogP contribution in [-0.2, 0) is 6.18 Å². The average Bonchev–Trinajstić information content (AvgIpc) is 2.38. The first-order chi connectivity index (χ1) is 9.36. The first-order valence-electron chi connectivity index (χ1n) is 6.60. The Morgan fingerprint density at radius 2 is 1.75 bits per heavy atom. The van der Waals surface area contributed by atoms with Gasteiger partial charge in [-0.1, -0.05) is 6.07 Å². The van der Waals surface area contributed by atoms with E-state index in [1.807, 2.05) is 19.9 Å². The molecule has 0 saturated heterocycles. The normalized spacial score (nSPS) is 11.9. The highest BCUT2D eigenvalue weighted by molar-refractivity contribution is 5.92. The van der Waals surface area contributed by atoms with E-state index in [2.05, 4.69) is 9.88 Å². The predicted octanol–water partition coefficient (Wildman–Crippen LogP) is 4.41. The standard InChI is InChI=1S/C15H17F3N2/c1-4-20(5-2)14-8-10(3)19-13-9-11(15(16,17)18)6-7-12(13)14/h6-9H,4-5H2,1-3H3. The number of aromatic nitrogens is 1. The summed E-state index contributed by atoms with van der Waals surface area (Å²) in [6.07, 6.45) is -4.34. The van der Waals surface area contributed by atoms with E-state index in [4.69, 9.17) is 0 Å². The molecule has 20 heavy (non-hydrogen) atoms. The molecular weight excluding hydrogens is 265 g/mol.